The SMILES string of the molecule is CC(C)c1nccn1Cc1cccc(NC(=O)NCc2cccnc2-n2cccn2)c1. The van der Waals surface area contributed by atoms with E-state index in [1.807, 2.05) is 61.1 Å². The number of anilines is 1. The number of pyridine rings is 1. The van der Waals surface area contributed by atoms with Gasteiger partial charge in [0.1, 0.15) is 5.82 Å². The molecule has 0 saturated carbocycles. The van der Waals surface area contributed by atoms with Gasteiger partial charge < -0.3 is 15.2 Å². The molecule has 0 saturated heterocycles. The second kappa shape index (κ2) is 9.25. The molecule has 4 aromatic rings. The fraction of sp³-hybridized carbons (Fsp3) is 0.217. The number of benzene rings is 1. The number of carbonyl (C=O) groups excluding carboxylic acids is 1. The number of nitrogens with one attached hydrogen (secondary N) is 2. The molecule has 1 aromatic carbocycles. The third kappa shape index (κ3) is 4.98. The van der Waals surface area contributed by atoms with Crippen molar-refractivity contribution >= 4 is 11.7 Å². The zero-order valence-electron chi connectivity index (χ0n) is 17.6. The molecule has 3 heterocycles. The highest BCUT2D eigenvalue weighted by Crippen LogP contribution is 2.16. The first-order chi connectivity index (χ1) is 15.1. The summed E-state index contributed by atoms with van der Waals surface area (Å²) in [7, 11) is 0. The lowest BCUT2D eigenvalue weighted by Crippen LogP contribution is -2.28. The summed E-state index contributed by atoms with van der Waals surface area (Å²) in [5, 5.41) is 10.0. The summed E-state index contributed by atoms with van der Waals surface area (Å²) in [6.45, 7) is 5.29. The molecule has 31 heavy (non-hydrogen) atoms. The predicted octanol–water partition coefficient (Wildman–Crippen LogP) is 3.96. The van der Waals surface area contributed by atoms with Crippen molar-refractivity contribution in [3.05, 3.63) is 90.4 Å². The minimum atomic E-state index is -0.280. The quantitative estimate of drug-likeness (QED) is 0.478. The smallest absolute Gasteiger partial charge is 0.319 e. The number of rotatable bonds is 7. The van der Waals surface area contributed by atoms with Crippen LogP contribution in [-0.4, -0.2) is 30.3 Å². The van der Waals surface area contributed by atoms with Crippen molar-refractivity contribution in [2.75, 3.05) is 5.32 Å². The van der Waals surface area contributed by atoms with Crippen molar-refractivity contribution < 1.29 is 4.79 Å². The highest BCUT2D eigenvalue weighted by atomic mass is 16.2. The lowest BCUT2D eigenvalue weighted by Gasteiger charge is -2.13. The summed E-state index contributed by atoms with van der Waals surface area (Å²) < 4.78 is 3.81. The number of hydrogen-bond donors (Lipinski definition) is 2. The Morgan fingerprint density at radius 2 is 1.94 bits per heavy atom. The molecular formula is C23H25N7O. The molecule has 0 aliphatic carbocycles. The molecule has 2 N–H and O–H groups in total. The highest BCUT2D eigenvalue weighted by Gasteiger charge is 2.10. The van der Waals surface area contributed by atoms with Gasteiger partial charge in [-0.3, -0.25) is 0 Å². The maximum absolute atomic E-state index is 12.5. The van der Waals surface area contributed by atoms with E-state index < -0.39 is 0 Å². The average molecular weight is 416 g/mol. The van der Waals surface area contributed by atoms with Gasteiger partial charge >= 0.3 is 6.03 Å². The lowest BCUT2D eigenvalue weighted by atomic mass is 10.1. The molecular weight excluding hydrogens is 390 g/mol. The Labute approximate surface area is 181 Å². The van der Waals surface area contributed by atoms with Crippen molar-refractivity contribution in [2.24, 2.45) is 0 Å². The van der Waals surface area contributed by atoms with E-state index in [2.05, 4.69) is 44.1 Å². The Balaban J connectivity index is 1.39. The van der Waals surface area contributed by atoms with Gasteiger partial charge in [-0.15, -0.1) is 0 Å². The molecule has 0 atom stereocenters. The van der Waals surface area contributed by atoms with Gasteiger partial charge in [-0.1, -0.05) is 32.0 Å². The van der Waals surface area contributed by atoms with Crippen LogP contribution in [0, 0.1) is 0 Å². The van der Waals surface area contributed by atoms with E-state index in [9.17, 15) is 4.79 Å². The van der Waals surface area contributed by atoms with Gasteiger partial charge in [-0.25, -0.2) is 19.4 Å². The molecule has 8 nitrogen and oxygen atoms in total. The molecule has 0 aliphatic rings. The zero-order valence-corrected chi connectivity index (χ0v) is 17.6. The second-order valence-electron chi connectivity index (χ2n) is 7.51. The van der Waals surface area contributed by atoms with Gasteiger partial charge in [0, 0.05) is 61.2 Å². The zero-order chi connectivity index (χ0) is 21.6. The highest BCUT2D eigenvalue weighted by molar-refractivity contribution is 5.89. The minimum absolute atomic E-state index is 0.280. The third-order valence-corrected chi connectivity index (χ3v) is 4.83. The monoisotopic (exact) mass is 415 g/mol. The van der Waals surface area contributed by atoms with Crippen LogP contribution >= 0.6 is 0 Å². The largest absolute Gasteiger partial charge is 0.334 e. The Kier molecular flexibility index (Phi) is 6.07. The van der Waals surface area contributed by atoms with Gasteiger partial charge in [0.2, 0.25) is 0 Å². The fourth-order valence-corrected chi connectivity index (χ4v) is 3.42. The summed E-state index contributed by atoms with van der Waals surface area (Å²) in [6, 6.07) is 13.1. The first kappa shape index (κ1) is 20.3. The number of amides is 2. The topological polar surface area (TPSA) is 89.7 Å². The van der Waals surface area contributed by atoms with Gasteiger partial charge in [-0.05, 0) is 29.8 Å². The molecule has 0 aliphatic heterocycles. The fourth-order valence-electron chi connectivity index (χ4n) is 3.42. The third-order valence-electron chi connectivity index (χ3n) is 4.83. The van der Waals surface area contributed by atoms with Crippen molar-refractivity contribution in [1.29, 1.82) is 0 Å². The van der Waals surface area contributed by atoms with Crippen molar-refractivity contribution in [3.63, 3.8) is 0 Å². The standard InChI is InChI=1S/C23H25N7O/c1-17(2)21-25-11-13-29(21)16-18-6-3-8-20(14-18)28-23(31)26-15-19-7-4-9-24-22(19)30-12-5-10-27-30/h3-14,17H,15-16H2,1-2H3,(H2,26,28,31). The first-order valence-electron chi connectivity index (χ1n) is 10.2. The van der Waals surface area contributed by atoms with Crippen LogP contribution in [0.5, 0.6) is 0 Å². The van der Waals surface area contributed by atoms with Crippen LogP contribution in [0.15, 0.2) is 73.4 Å². The van der Waals surface area contributed by atoms with Gasteiger partial charge in [0.05, 0.1) is 0 Å². The number of hydrogen-bond acceptors (Lipinski definition) is 4. The average Bonchev–Trinajstić information content (AvgIpc) is 3.45. The lowest BCUT2D eigenvalue weighted by molar-refractivity contribution is 0.251. The Hall–Kier alpha value is -3.94. The number of nitrogens with zero attached hydrogens (tertiary/aromatic N) is 5. The first-order valence-corrected chi connectivity index (χ1v) is 10.2. The molecule has 2 amide bonds. The molecule has 0 fully saturated rings. The van der Waals surface area contributed by atoms with E-state index in [1.165, 1.54) is 0 Å². The van der Waals surface area contributed by atoms with Gasteiger partial charge in [0.25, 0.3) is 0 Å². The van der Waals surface area contributed by atoms with Crippen molar-refractivity contribution in [3.8, 4) is 5.82 Å². The molecule has 4 rings (SSSR count). The van der Waals surface area contributed by atoms with Crippen LogP contribution in [0.25, 0.3) is 5.82 Å². The summed E-state index contributed by atoms with van der Waals surface area (Å²) in [5.74, 6) is 2.08. The molecule has 158 valence electrons. The van der Waals surface area contributed by atoms with E-state index >= 15 is 0 Å². The minimum Gasteiger partial charge on any atom is -0.334 e. The van der Waals surface area contributed by atoms with Gasteiger partial charge in [0.15, 0.2) is 5.82 Å². The molecule has 0 spiro atoms. The summed E-state index contributed by atoms with van der Waals surface area (Å²) in [5.41, 5.74) is 2.70. The van der Waals surface area contributed by atoms with Crippen molar-refractivity contribution in [1.82, 2.24) is 29.6 Å². The summed E-state index contributed by atoms with van der Waals surface area (Å²) in [4.78, 5) is 21.3. The Bertz CT molecular complexity index is 1150. The van der Waals surface area contributed by atoms with Crippen molar-refractivity contribution in [2.45, 2.75) is 32.9 Å². The summed E-state index contributed by atoms with van der Waals surface area (Å²) >= 11 is 0. The Morgan fingerprint density at radius 3 is 2.74 bits per heavy atom. The number of imidazole rings is 1. The maximum Gasteiger partial charge on any atom is 0.319 e. The van der Waals surface area contributed by atoms with Crippen LogP contribution in [0.4, 0.5) is 10.5 Å². The molecule has 8 heteroatoms. The van der Waals surface area contributed by atoms with Crippen LogP contribution < -0.4 is 10.6 Å². The maximum atomic E-state index is 12.5. The molecule has 3 aromatic heterocycles. The van der Waals surface area contributed by atoms with Crippen LogP contribution in [0.2, 0.25) is 0 Å². The summed E-state index contributed by atoms with van der Waals surface area (Å²) in [6.07, 6.45) is 9.02. The molecule has 0 unspecified atom stereocenters. The molecule has 0 radical (unpaired) electrons. The molecule has 0 bridgehead atoms. The number of urea groups is 1. The van der Waals surface area contributed by atoms with E-state index in [1.54, 1.807) is 17.1 Å². The Morgan fingerprint density at radius 1 is 1.03 bits per heavy atom. The normalized spacial score (nSPS) is 10.9. The van der Waals surface area contributed by atoms with E-state index in [0.717, 1.165) is 22.6 Å². The van der Waals surface area contributed by atoms with E-state index in [4.69, 9.17) is 0 Å². The number of carbonyl (C=O) groups is 1. The van der Waals surface area contributed by atoms with Gasteiger partial charge in [-0.2, -0.15) is 5.10 Å². The second-order valence-corrected chi connectivity index (χ2v) is 7.51. The van der Waals surface area contributed by atoms with Crippen LogP contribution in [-0.2, 0) is 13.1 Å². The van der Waals surface area contributed by atoms with Crippen LogP contribution in [0.1, 0.15) is 36.7 Å². The predicted molar refractivity (Wildman–Crippen MR) is 119 cm³/mol. The van der Waals surface area contributed by atoms with E-state index in [0.29, 0.717) is 24.8 Å². The van der Waals surface area contributed by atoms with E-state index in [-0.39, 0.29) is 6.03 Å². The number of aromatic nitrogens is 5. The van der Waals surface area contributed by atoms with Crippen LogP contribution in [0.3, 0.4) is 0 Å².